The Morgan fingerprint density at radius 3 is 2.29 bits per heavy atom. The molecule has 1 aromatic heterocycles. The second-order valence-corrected chi connectivity index (χ2v) is 7.55. The fraction of sp³-hybridized carbons (Fsp3) is 0.200. The molecule has 1 heterocycles. The summed E-state index contributed by atoms with van der Waals surface area (Å²) in [7, 11) is 0. The van der Waals surface area contributed by atoms with Crippen LogP contribution in [0.2, 0.25) is 0 Å². The fourth-order valence-electron chi connectivity index (χ4n) is 3.17. The zero-order chi connectivity index (χ0) is 25.3. The molecule has 0 aliphatic carbocycles. The number of benzene rings is 2. The molecule has 182 valence electrons. The van der Waals surface area contributed by atoms with E-state index in [1.165, 1.54) is 12.3 Å². The first kappa shape index (κ1) is 25.4. The maximum Gasteiger partial charge on any atom is 0.416 e. The van der Waals surface area contributed by atoms with Crippen LogP contribution >= 0.6 is 0 Å². The van der Waals surface area contributed by atoms with Crippen molar-refractivity contribution in [1.82, 2.24) is 10.3 Å². The van der Waals surface area contributed by atoms with Crippen molar-refractivity contribution in [2.45, 2.75) is 25.6 Å². The molecule has 0 saturated heterocycles. The van der Waals surface area contributed by atoms with Crippen molar-refractivity contribution in [1.29, 1.82) is 0 Å². The number of pyridine rings is 1. The predicted octanol–water partition coefficient (Wildman–Crippen LogP) is 4.17. The number of halogens is 3. The Morgan fingerprint density at radius 2 is 1.60 bits per heavy atom. The fourth-order valence-corrected chi connectivity index (χ4v) is 3.17. The third-order valence-corrected chi connectivity index (χ3v) is 4.92. The van der Waals surface area contributed by atoms with Crippen LogP contribution in [0.5, 0.6) is 0 Å². The number of hydrogen-bond donors (Lipinski definition) is 2. The van der Waals surface area contributed by atoms with Gasteiger partial charge in [0.2, 0.25) is 17.7 Å². The van der Waals surface area contributed by atoms with Gasteiger partial charge in [0.1, 0.15) is 12.4 Å². The standard InChI is InChI=1S/C25H23F3N4O3/c26-25(27,28)19-9-6-10-20(15-19)32(17-23(34)30-16-18-7-2-1-3-8-18)24(35)13-12-22(33)31-21-11-4-5-14-29-21/h1-11,14-15H,12-13,16-17H2,(H,30,34)(H,29,31,33). The Bertz CT molecular complexity index is 1160. The van der Waals surface area contributed by atoms with Gasteiger partial charge in [-0.15, -0.1) is 0 Å². The molecule has 3 amide bonds. The molecule has 0 spiro atoms. The summed E-state index contributed by atoms with van der Waals surface area (Å²) in [4.78, 5) is 42.6. The SMILES string of the molecule is O=C(CN(C(=O)CCC(=O)Nc1ccccn1)c1cccc(C(F)(F)F)c1)NCc1ccccc1. The Labute approximate surface area is 200 Å². The third-order valence-electron chi connectivity index (χ3n) is 4.92. The first-order valence-corrected chi connectivity index (χ1v) is 10.7. The molecule has 2 aromatic carbocycles. The van der Waals surface area contributed by atoms with Gasteiger partial charge >= 0.3 is 6.18 Å². The van der Waals surface area contributed by atoms with E-state index in [0.717, 1.165) is 28.7 Å². The molecule has 0 atom stereocenters. The minimum Gasteiger partial charge on any atom is -0.350 e. The van der Waals surface area contributed by atoms with E-state index in [0.29, 0.717) is 5.82 Å². The van der Waals surface area contributed by atoms with Gasteiger partial charge in [0.15, 0.2) is 0 Å². The van der Waals surface area contributed by atoms with Crippen LogP contribution in [-0.2, 0) is 27.1 Å². The topological polar surface area (TPSA) is 91.4 Å². The largest absolute Gasteiger partial charge is 0.416 e. The lowest BCUT2D eigenvalue weighted by molar-refractivity contribution is -0.137. The van der Waals surface area contributed by atoms with Crippen LogP contribution in [0.3, 0.4) is 0 Å². The molecule has 0 aliphatic rings. The van der Waals surface area contributed by atoms with Gasteiger partial charge in [-0.25, -0.2) is 4.98 Å². The summed E-state index contributed by atoms with van der Waals surface area (Å²) in [5.41, 5.74) is -0.223. The van der Waals surface area contributed by atoms with Crippen LogP contribution in [-0.4, -0.2) is 29.3 Å². The zero-order valence-electron chi connectivity index (χ0n) is 18.6. The summed E-state index contributed by atoms with van der Waals surface area (Å²) < 4.78 is 39.7. The van der Waals surface area contributed by atoms with Crippen molar-refractivity contribution in [3.63, 3.8) is 0 Å². The minimum atomic E-state index is -4.62. The first-order chi connectivity index (χ1) is 16.7. The van der Waals surface area contributed by atoms with Gasteiger partial charge < -0.3 is 15.5 Å². The number of amides is 3. The number of anilines is 2. The average molecular weight is 484 g/mol. The highest BCUT2D eigenvalue weighted by Crippen LogP contribution is 2.31. The van der Waals surface area contributed by atoms with E-state index in [-0.39, 0.29) is 25.1 Å². The normalized spacial score (nSPS) is 10.9. The number of aromatic nitrogens is 1. The van der Waals surface area contributed by atoms with Crippen molar-refractivity contribution in [3.05, 3.63) is 90.1 Å². The molecular formula is C25H23F3N4O3. The van der Waals surface area contributed by atoms with Gasteiger partial charge in [0.05, 0.1) is 5.56 Å². The maximum atomic E-state index is 13.2. The van der Waals surface area contributed by atoms with Gasteiger partial charge in [-0.05, 0) is 35.9 Å². The van der Waals surface area contributed by atoms with Crippen molar-refractivity contribution < 1.29 is 27.6 Å². The van der Waals surface area contributed by atoms with E-state index in [1.807, 2.05) is 6.07 Å². The lowest BCUT2D eigenvalue weighted by atomic mass is 10.1. The van der Waals surface area contributed by atoms with Crippen LogP contribution in [0, 0.1) is 0 Å². The maximum absolute atomic E-state index is 13.2. The summed E-state index contributed by atoms with van der Waals surface area (Å²) in [6, 6.07) is 18.1. The van der Waals surface area contributed by atoms with Gasteiger partial charge in [-0.3, -0.25) is 14.4 Å². The molecule has 35 heavy (non-hydrogen) atoms. The zero-order valence-corrected chi connectivity index (χ0v) is 18.6. The van der Waals surface area contributed by atoms with Crippen molar-refractivity contribution in [2.75, 3.05) is 16.8 Å². The molecule has 0 radical (unpaired) electrons. The highest BCUT2D eigenvalue weighted by Gasteiger charge is 2.31. The third kappa shape index (κ3) is 7.95. The number of nitrogens with one attached hydrogen (secondary N) is 2. The van der Waals surface area contributed by atoms with Gasteiger partial charge in [-0.1, -0.05) is 42.5 Å². The Balaban J connectivity index is 1.70. The number of alkyl halides is 3. The second-order valence-electron chi connectivity index (χ2n) is 7.55. The monoisotopic (exact) mass is 484 g/mol. The van der Waals surface area contributed by atoms with E-state index >= 15 is 0 Å². The molecule has 3 rings (SSSR count). The predicted molar refractivity (Wildman–Crippen MR) is 124 cm³/mol. The Morgan fingerprint density at radius 1 is 0.857 bits per heavy atom. The van der Waals surface area contributed by atoms with E-state index in [4.69, 9.17) is 0 Å². The van der Waals surface area contributed by atoms with Gasteiger partial charge in [0.25, 0.3) is 0 Å². The summed E-state index contributed by atoms with van der Waals surface area (Å²) >= 11 is 0. The number of carbonyl (C=O) groups is 3. The highest BCUT2D eigenvalue weighted by molar-refractivity contribution is 6.01. The van der Waals surface area contributed by atoms with Crippen LogP contribution < -0.4 is 15.5 Å². The molecule has 7 nitrogen and oxygen atoms in total. The Kier molecular flexibility index (Phi) is 8.55. The van der Waals surface area contributed by atoms with Crippen LogP contribution in [0.1, 0.15) is 24.0 Å². The average Bonchev–Trinajstić information content (AvgIpc) is 2.85. The summed E-state index contributed by atoms with van der Waals surface area (Å²) in [5.74, 6) is -1.41. The van der Waals surface area contributed by atoms with Crippen LogP contribution in [0.4, 0.5) is 24.7 Å². The highest BCUT2D eigenvalue weighted by atomic mass is 19.4. The molecule has 0 saturated carbocycles. The molecule has 0 bridgehead atoms. The smallest absolute Gasteiger partial charge is 0.350 e. The molecule has 3 aromatic rings. The molecule has 0 unspecified atom stereocenters. The number of hydrogen-bond acceptors (Lipinski definition) is 4. The molecule has 2 N–H and O–H groups in total. The van der Waals surface area contributed by atoms with Gasteiger partial charge in [-0.2, -0.15) is 13.2 Å². The number of carbonyl (C=O) groups excluding carboxylic acids is 3. The first-order valence-electron chi connectivity index (χ1n) is 10.7. The minimum absolute atomic E-state index is 0.0928. The van der Waals surface area contributed by atoms with Crippen LogP contribution in [0.15, 0.2) is 79.0 Å². The molecule has 0 aliphatic heterocycles. The lowest BCUT2D eigenvalue weighted by Gasteiger charge is -2.23. The van der Waals surface area contributed by atoms with E-state index in [2.05, 4.69) is 15.6 Å². The van der Waals surface area contributed by atoms with Gasteiger partial charge in [0, 0.05) is 31.3 Å². The van der Waals surface area contributed by atoms with E-state index in [9.17, 15) is 27.6 Å². The molecular weight excluding hydrogens is 461 g/mol. The van der Waals surface area contributed by atoms with Crippen molar-refractivity contribution in [2.24, 2.45) is 0 Å². The lowest BCUT2D eigenvalue weighted by Crippen LogP contribution is -2.41. The molecule has 10 heteroatoms. The summed E-state index contributed by atoms with van der Waals surface area (Å²) in [5, 5.41) is 5.19. The summed E-state index contributed by atoms with van der Waals surface area (Å²) in [6.07, 6.45) is -3.69. The van der Waals surface area contributed by atoms with Crippen LogP contribution in [0.25, 0.3) is 0 Å². The van der Waals surface area contributed by atoms with E-state index in [1.54, 1.807) is 42.5 Å². The quantitative estimate of drug-likeness (QED) is 0.477. The Hall–Kier alpha value is -4.21. The van der Waals surface area contributed by atoms with Crippen molar-refractivity contribution >= 4 is 29.2 Å². The number of rotatable bonds is 9. The second kappa shape index (κ2) is 11.8. The van der Waals surface area contributed by atoms with E-state index < -0.39 is 36.0 Å². The summed E-state index contributed by atoms with van der Waals surface area (Å²) in [6.45, 7) is -0.314. The molecule has 0 fully saturated rings. The van der Waals surface area contributed by atoms with Crippen molar-refractivity contribution in [3.8, 4) is 0 Å². The number of nitrogens with zero attached hydrogens (tertiary/aromatic N) is 2.